The average Bonchev–Trinajstić information content (AvgIpc) is 2.52. The molecule has 114 valence electrons. The summed E-state index contributed by atoms with van der Waals surface area (Å²) in [4.78, 5) is 0. The first kappa shape index (κ1) is 17.3. The third-order valence-corrected chi connectivity index (χ3v) is 3.43. The molecule has 0 N–H and O–H groups in total. The van der Waals surface area contributed by atoms with Crippen molar-refractivity contribution >= 4 is 0 Å². The Morgan fingerprint density at radius 1 is 1.19 bits per heavy atom. The second-order valence-electron chi connectivity index (χ2n) is 5.09. The van der Waals surface area contributed by atoms with E-state index in [1.807, 2.05) is 30.4 Å². The summed E-state index contributed by atoms with van der Waals surface area (Å²) in [5.41, 5.74) is 2.35. The molecular weight excluding hydrogens is 260 g/mol. The Bertz CT molecular complexity index is 460. The van der Waals surface area contributed by atoms with Crippen molar-refractivity contribution < 1.29 is 9.47 Å². The molecule has 0 aliphatic carbocycles. The van der Waals surface area contributed by atoms with E-state index in [-0.39, 0.29) is 6.79 Å². The number of benzene rings is 1. The molecule has 0 fully saturated rings. The SMILES string of the molecule is C=C(/C=C\C(=C)C(C)CC)OCOCCc1ccccc1. The monoisotopic (exact) mass is 286 g/mol. The maximum absolute atomic E-state index is 5.44. The van der Waals surface area contributed by atoms with Gasteiger partial charge in [0.25, 0.3) is 0 Å². The first-order chi connectivity index (χ1) is 10.1. The normalized spacial score (nSPS) is 12.3. The third-order valence-electron chi connectivity index (χ3n) is 3.43. The first-order valence-corrected chi connectivity index (χ1v) is 7.43. The maximum atomic E-state index is 5.44. The number of hydrogen-bond acceptors (Lipinski definition) is 2. The van der Waals surface area contributed by atoms with E-state index in [0.717, 1.165) is 18.4 Å². The Labute approximate surface area is 128 Å². The summed E-state index contributed by atoms with van der Waals surface area (Å²) in [6.45, 7) is 13.0. The molecule has 0 bridgehead atoms. The van der Waals surface area contributed by atoms with E-state index in [1.165, 1.54) is 5.56 Å². The van der Waals surface area contributed by atoms with E-state index in [0.29, 0.717) is 18.3 Å². The average molecular weight is 286 g/mol. The second-order valence-corrected chi connectivity index (χ2v) is 5.09. The molecule has 0 aliphatic rings. The van der Waals surface area contributed by atoms with Gasteiger partial charge in [0.15, 0.2) is 6.79 Å². The highest BCUT2D eigenvalue weighted by molar-refractivity contribution is 5.22. The van der Waals surface area contributed by atoms with Gasteiger partial charge in [0.2, 0.25) is 0 Å². The van der Waals surface area contributed by atoms with Gasteiger partial charge in [-0.25, -0.2) is 0 Å². The molecule has 1 rings (SSSR count). The van der Waals surface area contributed by atoms with Crippen LogP contribution in [0.4, 0.5) is 0 Å². The van der Waals surface area contributed by atoms with Crippen LogP contribution in [0.5, 0.6) is 0 Å². The topological polar surface area (TPSA) is 18.5 Å². The van der Waals surface area contributed by atoms with Gasteiger partial charge in [-0.3, -0.25) is 0 Å². The molecule has 0 aromatic heterocycles. The van der Waals surface area contributed by atoms with E-state index in [4.69, 9.17) is 9.47 Å². The smallest absolute Gasteiger partial charge is 0.189 e. The van der Waals surface area contributed by atoms with E-state index in [2.05, 4.69) is 39.1 Å². The number of rotatable bonds is 10. The molecule has 2 heteroatoms. The Morgan fingerprint density at radius 3 is 2.57 bits per heavy atom. The lowest BCUT2D eigenvalue weighted by Crippen LogP contribution is -2.03. The van der Waals surface area contributed by atoms with Gasteiger partial charge >= 0.3 is 0 Å². The lowest BCUT2D eigenvalue weighted by molar-refractivity contribution is -0.0176. The maximum Gasteiger partial charge on any atom is 0.189 e. The molecule has 1 aromatic carbocycles. The molecular formula is C19H26O2. The van der Waals surface area contributed by atoms with Gasteiger partial charge in [-0.2, -0.15) is 0 Å². The Kier molecular flexibility index (Phi) is 8.22. The van der Waals surface area contributed by atoms with Crippen molar-refractivity contribution in [2.45, 2.75) is 26.7 Å². The fourth-order valence-corrected chi connectivity index (χ4v) is 1.69. The molecule has 0 saturated heterocycles. The zero-order chi connectivity index (χ0) is 15.5. The van der Waals surface area contributed by atoms with Crippen LogP contribution >= 0.6 is 0 Å². The summed E-state index contributed by atoms with van der Waals surface area (Å²) in [5, 5.41) is 0. The molecule has 0 radical (unpaired) electrons. The Hall–Kier alpha value is -1.80. The molecule has 0 aliphatic heterocycles. The standard InChI is InChI=1S/C19H26O2/c1-5-16(2)17(3)11-12-18(4)21-15-20-14-13-19-9-7-6-8-10-19/h6-12,16H,3-5,13-15H2,1-2H3/b12-11-. The van der Waals surface area contributed by atoms with Crippen molar-refractivity contribution in [3.63, 3.8) is 0 Å². The lowest BCUT2D eigenvalue weighted by Gasteiger charge is -2.09. The van der Waals surface area contributed by atoms with Crippen LogP contribution in [0.1, 0.15) is 25.8 Å². The molecule has 0 saturated carbocycles. The second kappa shape index (κ2) is 10.0. The predicted octanol–water partition coefficient (Wildman–Crippen LogP) is 4.89. The predicted molar refractivity (Wildman–Crippen MR) is 88.9 cm³/mol. The number of allylic oxidation sites excluding steroid dienone is 3. The quantitative estimate of drug-likeness (QED) is 0.264. The van der Waals surface area contributed by atoms with Crippen molar-refractivity contribution in [1.29, 1.82) is 0 Å². The van der Waals surface area contributed by atoms with Crippen LogP contribution in [0.15, 0.2) is 67.0 Å². The van der Waals surface area contributed by atoms with Gasteiger partial charge in [-0.1, -0.05) is 69.0 Å². The van der Waals surface area contributed by atoms with E-state index >= 15 is 0 Å². The van der Waals surface area contributed by atoms with E-state index < -0.39 is 0 Å². The molecule has 0 spiro atoms. The minimum Gasteiger partial charge on any atom is -0.468 e. The highest BCUT2D eigenvalue weighted by atomic mass is 16.7. The fourth-order valence-electron chi connectivity index (χ4n) is 1.69. The van der Waals surface area contributed by atoms with Gasteiger partial charge in [0.05, 0.1) is 6.61 Å². The molecule has 0 heterocycles. The van der Waals surface area contributed by atoms with Gasteiger partial charge in [0, 0.05) is 0 Å². The van der Waals surface area contributed by atoms with Crippen molar-refractivity contribution in [2.24, 2.45) is 5.92 Å². The molecule has 1 atom stereocenters. The zero-order valence-electron chi connectivity index (χ0n) is 13.2. The van der Waals surface area contributed by atoms with Crippen LogP contribution < -0.4 is 0 Å². The van der Waals surface area contributed by atoms with Gasteiger partial charge in [-0.15, -0.1) is 0 Å². The van der Waals surface area contributed by atoms with E-state index in [1.54, 1.807) is 0 Å². The number of hydrogen-bond donors (Lipinski definition) is 0. The van der Waals surface area contributed by atoms with Gasteiger partial charge in [0.1, 0.15) is 5.76 Å². The molecule has 0 amide bonds. The van der Waals surface area contributed by atoms with Crippen LogP contribution in [0.3, 0.4) is 0 Å². The summed E-state index contributed by atoms with van der Waals surface area (Å²) in [5.74, 6) is 1.08. The van der Waals surface area contributed by atoms with Crippen molar-refractivity contribution in [3.05, 3.63) is 72.5 Å². The summed E-state index contributed by atoms with van der Waals surface area (Å²) in [6, 6.07) is 10.3. The molecule has 2 nitrogen and oxygen atoms in total. The van der Waals surface area contributed by atoms with Crippen LogP contribution in [0, 0.1) is 5.92 Å². The highest BCUT2D eigenvalue weighted by Gasteiger charge is 2.00. The van der Waals surface area contributed by atoms with Gasteiger partial charge < -0.3 is 9.47 Å². The highest BCUT2D eigenvalue weighted by Crippen LogP contribution is 2.14. The summed E-state index contributed by atoms with van der Waals surface area (Å²) >= 11 is 0. The summed E-state index contributed by atoms with van der Waals surface area (Å²) in [6.07, 6.45) is 5.77. The molecule has 1 unspecified atom stereocenters. The minimum atomic E-state index is 0.228. The van der Waals surface area contributed by atoms with Gasteiger partial charge in [-0.05, 0) is 30.4 Å². The number of ether oxygens (including phenoxy) is 2. The zero-order valence-corrected chi connectivity index (χ0v) is 13.2. The Morgan fingerprint density at radius 2 is 1.90 bits per heavy atom. The van der Waals surface area contributed by atoms with Crippen LogP contribution in [0.25, 0.3) is 0 Å². The van der Waals surface area contributed by atoms with Crippen molar-refractivity contribution in [2.75, 3.05) is 13.4 Å². The lowest BCUT2D eigenvalue weighted by atomic mass is 10.00. The van der Waals surface area contributed by atoms with E-state index in [9.17, 15) is 0 Å². The van der Waals surface area contributed by atoms with Crippen LogP contribution in [-0.2, 0) is 15.9 Å². The summed E-state index contributed by atoms with van der Waals surface area (Å²) in [7, 11) is 0. The molecule has 1 aromatic rings. The summed E-state index contributed by atoms with van der Waals surface area (Å²) < 4.78 is 10.8. The fraction of sp³-hybridized carbons (Fsp3) is 0.368. The molecule has 21 heavy (non-hydrogen) atoms. The Balaban J connectivity index is 2.13. The van der Waals surface area contributed by atoms with Crippen LogP contribution in [-0.4, -0.2) is 13.4 Å². The van der Waals surface area contributed by atoms with Crippen molar-refractivity contribution in [3.8, 4) is 0 Å². The first-order valence-electron chi connectivity index (χ1n) is 7.43. The van der Waals surface area contributed by atoms with Crippen LogP contribution in [0.2, 0.25) is 0 Å². The van der Waals surface area contributed by atoms with Crippen molar-refractivity contribution in [1.82, 2.24) is 0 Å². The third kappa shape index (κ3) is 7.52. The largest absolute Gasteiger partial charge is 0.468 e. The minimum absolute atomic E-state index is 0.228.